The van der Waals surface area contributed by atoms with Crippen molar-refractivity contribution in [1.29, 1.82) is 0 Å². The Balaban J connectivity index is 2.60. The third-order valence-electron chi connectivity index (χ3n) is 3.27. The number of ether oxygens (including phenoxy) is 1. The standard InChI is InChI=1S/C15H26N2O/c1-12-7-4-5-9-15(12)13(2)17-14(11-18-3)8-6-10-16/h4-5,7,9,13-14,17H,6,8,10-11,16H2,1-3H3. The van der Waals surface area contributed by atoms with Gasteiger partial charge in [0.15, 0.2) is 0 Å². The molecule has 0 aliphatic rings. The van der Waals surface area contributed by atoms with Crippen molar-refractivity contribution >= 4 is 0 Å². The van der Waals surface area contributed by atoms with Crippen molar-refractivity contribution in [3.05, 3.63) is 35.4 Å². The van der Waals surface area contributed by atoms with E-state index in [1.165, 1.54) is 11.1 Å². The zero-order valence-electron chi connectivity index (χ0n) is 11.8. The van der Waals surface area contributed by atoms with E-state index in [1.54, 1.807) is 7.11 Å². The molecule has 0 bridgehead atoms. The van der Waals surface area contributed by atoms with Crippen LogP contribution in [0.2, 0.25) is 0 Å². The topological polar surface area (TPSA) is 47.3 Å². The summed E-state index contributed by atoms with van der Waals surface area (Å²) in [5.41, 5.74) is 8.25. The molecule has 1 aromatic carbocycles. The first-order valence-corrected chi connectivity index (χ1v) is 6.69. The van der Waals surface area contributed by atoms with Crippen molar-refractivity contribution in [1.82, 2.24) is 5.32 Å². The highest BCUT2D eigenvalue weighted by Gasteiger charge is 2.14. The first-order chi connectivity index (χ1) is 8.69. The molecule has 0 amide bonds. The monoisotopic (exact) mass is 250 g/mol. The lowest BCUT2D eigenvalue weighted by Gasteiger charge is -2.24. The Labute approximate surface area is 111 Å². The van der Waals surface area contributed by atoms with Gasteiger partial charge in [-0.3, -0.25) is 0 Å². The molecule has 0 radical (unpaired) electrons. The number of hydrogen-bond acceptors (Lipinski definition) is 3. The largest absolute Gasteiger partial charge is 0.383 e. The summed E-state index contributed by atoms with van der Waals surface area (Å²) < 4.78 is 5.26. The van der Waals surface area contributed by atoms with Gasteiger partial charge in [-0.15, -0.1) is 0 Å². The average Bonchev–Trinajstić information content (AvgIpc) is 2.36. The summed E-state index contributed by atoms with van der Waals surface area (Å²) in [6.45, 7) is 5.82. The molecule has 0 aromatic heterocycles. The Morgan fingerprint density at radius 3 is 2.67 bits per heavy atom. The molecule has 3 heteroatoms. The molecule has 2 unspecified atom stereocenters. The van der Waals surface area contributed by atoms with Gasteiger partial charge >= 0.3 is 0 Å². The Hall–Kier alpha value is -0.900. The van der Waals surface area contributed by atoms with Crippen LogP contribution in [0.1, 0.15) is 36.9 Å². The molecule has 0 spiro atoms. The van der Waals surface area contributed by atoms with Gasteiger partial charge in [0.2, 0.25) is 0 Å². The number of hydrogen-bond donors (Lipinski definition) is 2. The van der Waals surface area contributed by atoms with Gasteiger partial charge in [-0.25, -0.2) is 0 Å². The summed E-state index contributed by atoms with van der Waals surface area (Å²) >= 11 is 0. The van der Waals surface area contributed by atoms with E-state index in [9.17, 15) is 0 Å². The zero-order valence-corrected chi connectivity index (χ0v) is 11.8. The molecule has 1 rings (SSSR count). The Morgan fingerprint density at radius 2 is 2.06 bits per heavy atom. The number of nitrogens with one attached hydrogen (secondary N) is 1. The van der Waals surface area contributed by atoms with E-state index in [1.807, 2.05) is 0 Å². The Kier molecular flexibility index (Phi) is 6.94. The fourth-order valence-electron chi connectivity index (χ4n) is 2.30. The highest BCUT2D eigenvalue weighted by Crippen LogP contribution is 2.18. The van der Waals surface area contributed by atoms with E-state index in [0.29, 0.717) is 12.1 Å². The Morgan fingerprint density at radius 1 is 1.33 bits per heavy atom. The summed E-state index contributed by atoms with van der Waals surface area (Å²) in [5.74, 6) is 0. The van der Waals surface area contributed by atoms with Gasteiger partial charge in [0, 0.05) is 19.2 Å². The van der Waals surface area contributed by atoms with Crippen molar-refractivity contribution in [2.45, 2.75) is 38.8 Å². The van der Waals surface area contributed by atoms with Crippen LogP contribution in [0.3, 0.4) is 0 Å². The van der Waals surface area contributed by atoms with E-state index in [-0.39, 0.29) is 0 Å². The second kappa shape index (κ2) is 8.25. The minimum Gasteiger partial charge on any atom is -0.383 e. The fourth-order valence-corrected chi connectivity index (χ4v) is 2.30. The summed E-state index contributed by atoms with van der Waals surface area (Å²) in [5, 5.41) is 3.63. The smallest absolute Gasteiger partial charge is 0.0616 e. The summed E-state index contributed by atoms with van der Waals surface area (Å²) in [6.07, 6.45) is 2.09. The molecule has 3 nitrogen and oxygen atoms in total. The molecule has 0 saturated carbocycles. The summed E-state index contributed by atoms with van der Waals surface area (Å²) in [7, 11) is 1.75. The van der Waals surface area contributed by atoms with Crippen LogP contribution in [0.15, 0.2) is 24.3 Å². The van der Waals surface area contributed by atoms with Crippen molar-refractivity contribution in [3.63, 3.8) is 0 Å². The highest BCUT2D eigenvalue weighted by atomic mass is 16.5. The third kappa shape index (κ3) is 4.77. The van der Waals surface area contributed by atoms with Crippen LogP contribution in [0, 0.1) is 6.92 Å². The molecule has 18 heavy (non-hydrogen) atoms. The predicted molar refractivity (Wildman–Crippen MR) is 76.7 cm³/mol. The number of nitrogens with two attached hydrogens (primary N) is 1. The van der Waals surface area contributed by atoms with Gasteiger partial charge in [-0.2, -0.15) is 0 Å². The van der Waals surface area contributed by atoms with Gasteiger partial charge in [0.1, 0.15) is 0 Å². The lowest BCUT2D eigenvalue weighted by Crippen LogP contribution is -2.35. The second-order valence-electron chi connectivity index (χ2n) is 4.83. The lowest BCUT2D eigenvalue weighted by atomic mass is 10.0. The molecule has 3 N–H and O–H groups in total. The van der Waals surface area contributed by atoms with Gasteiger partial charge < -0.3 is 15.8 Å². The predicted octanol–water partition coefficient (Wildman–Crippen LogP) is 2.40. The average molecular weight is 250 g/mol. The maximum atomic E-state index is 5.57. The normalized spacial score (nSPS) is 14.4. The minimum atomic E-state index is 0.337. The zero-order chi connectivity index (χ0) is 13.4. The first kappa shape index (κ1) is 15.2. The van der Waals surface area contributed by atoms with Crippen LogP contribution >= 0.6 is 0 Å². The molecule has 0 saturated heterocycles. The lowest BCUT2D eigenvalue weighted by molar-refractivity contribution is 0.156. The van der Waals surface area contributed by atoms with Crippen molar-refractivity contribution in [3.8, 4) is 0 Å². The van der Waals surface area contributed by atoms with Gasteiger partial charge in [-0.1, -0.05) is 24.3 Å². The van der Waals surface area contributed by atoms with Crippen molar-refractivity contribution in [2.24, 2.45) is 5.73 Å². The Bertz CT molecular complexity index is 341. The van der Waals surface area contributed by atoms with Gasteiger partial charge in [0.25, 0.3) is 0 Å². The minimum absolute atomic E-state index is 0.337. The van der Waals surface area contributed by atoms with Gasteiger partial charge in [0.05, 0.1) is 6.61 Å². The maximum absolute atomic E-state index is 5.57. The van der Waals surface area contributed by atoms with Crippen LogP contribution in [-0.2, 0) is 4.74 Å². The van der Waals surface area contributed by atoms with Crippen LogP contribution in [0.5, 0.6) is 0 Å². The summed E-state index contributed by atoms with van der Waals surface area (Å²) in [4.78, 5) is 0. The molecule has 2 atom stereocenters. The quantitative estimate of drug-likeness (QED) is 0.745. The molecule has 0 aliphatic carbocycles. The van der Waals surface area contributed by atoms with Crippen LogP contribution < -0.4 is 11.1 Å². The first-order valence-electron chi connectivity index (χ1n) is 6.69. The number of rotatable bonds is 8. The van der Waals surface area contributed by atoms with Gasteiger partial charge in [-0.05, 0) is 44.4 Å². The maximum Gasteiger partial charge on any atom is 0.0616 e. The van der Waals surface area contributed by atoms with E-state index in [2.05, 4.69) is 43.4 Å². The van der Waals surface area contributed by atoms with E-state index < -0.39 is 0 Å². The summed E-state index contributed by atoms with van der Waals surface area (Å²) in [6, 6.07) is 9.20. The molecule has 0 heterocycles. The molecule has 1 aromatic rings. The number of aryl methyl sites for hydroxylation is 1. The number of benzene rings is 1. The SMILES string of the molecule is COCC(CCCN)NC(C)c1ccccc1C. The van der Waals surface area contributed by atoms with E-state index in [4.69, 9.17) is 10.5 Å². The fraction of sp³-hybridized carbons (Fsp3) is 0.600. The third-order valence-corrected chi connectivity index (χ3v) is 3.27. The van der Waals surface area contributed by atoms with Crippen LogP contribution in [0.25, 0.3) is 0 Å². The van der Waals surface area contributed by atoms with E-state index in [0.717, 1.165) is 26.0 Å². The van der Waals surface area contributed by atoms with Crippen LogP contribution in [0.4, 0.5) is 0 Å². The second-order valence-corrected chi connectivity index (χ2v) is 4.83. The van der Waals surface area contributed by atoms with Crippen LogP contribution in [-0.4, -0.2) is 26.3 Å². The molecule has 0 fully saturated rings. The molecule has 102 valence electrons. The molecular formula is C15H26N2O. The molecular weight excluding hydrogens is 224 g/mol. The van der Waals surface area contributed by atoms with E-state index >= 15 is 0 Å². The number of methoxy groups -OCH3 is 1. The van der Waals surface area contributed by atoms with Crippen molar-refractivity contribution < 1.29 is 4.74 Å². The highest BCUT2D eigenvalue weighted by molar-refractivity contribution is 5.28. The molecule has 0 aliphatic heterocycles. The van der Waals surface area contributed by atoms with Crippen molar-refractivity contribution in [2.75, 3.05) is 20.3 Å².